The molecule has 0 spiro atoms. The van der Waals surface area contributed by atoms with Gasteiger partial charge < -0.3 is 10.1 Å². The molecule has 1 aromatic heterocycles. The number of nitrogens with zero attached hydrogens (tertiary/aromatic N) is 1. The molecule has 0 saturated carbocycles. The monoisotopic (exact) mass is 458 g/mol. The smallest absolute Gasteiger partial charge is 0.282 e. The number of aromatic nitrogens is 1. The Morgan fingerprint density at radius 3 is 2.12 bits per heavy atom. The van der Waals surface area contributed by atoms with Crippen LogP contribution in [0.1, 0.15) is 9.67 Å². The Hall–Kier alpha value is -4.17. The SMILES string of the molecule is COc1ccc(NCC(=O)NNC(=O)c2sc(-c3ccccc3)nc2-c2ccccc2)cc1. The molecule has 0 aliphatic carbocycles. The van der Waals surface area contributed by atoms with Crippen LogP contribution in [0.3, 0.4) is 0 Å². The summed E-state index contributed by atoms with van der Waals surface area (Å²) < 4.78 is 5.11. The fraction of sp³-hybridized carbons (Fsp3) is 0.0800. The van der Waals surface area contributed by atoms with Gasteiger partial charge in [0.1, 0.15) is 15.6 Å². The number of rotatable bonds is 7. The van der Waals surface area contributed by atoms with Gasteiger partial charge >= 0.3 is 0 Å². The van der Waals surface area contributed by atoms with Gasteiger partial charge in [0.2, 0.25) is 0 Å². The van der Waals surface area contributed by atoms with Crippen LogP contribution in [-0.4, -0.2) is 30.5 Å². The Morgan fingerprint density at radius 1 is 0.848 bits per heavy atom. The van der Waals surface area contributed by atoms with Crippen molar-refractivity contribution in [1.29, 1.82) is 0 Å². The van der Waals surface area contributed by atoms with Crippen molar-refractivity contribution in [3.05, 3.63) is 89.8 Å². The summed E-state index contributed by atoms with van der Waals surface area (Å²) in [6, 6.07) is 26.4. The van der Waals surface area contributed by atoms with E-state index < -0.39 is 5.91 Å². The number of benzene rings is 3. The molecule has 4 aromatic rings. The van der Waals surface area contributed by atoms with E-state index in [2.05, 4.69) is 16.2 Å². The van der Waals surface area contributed by atoms with Crippen LogP contribution in [0.15, 0.2) is 84.9 Å². The summed E-state index contributed by atoms with van der Waals surface area (Å²) in [6.45, 7) is -0.00386. The molecule has 0 aliphatic rings. The molecule has 0 fully saturated rings. The number of ether oxygens (including phenoxy) is 1. The highest BCUT2D eigenvalue weighted by molar-refractivity contribution is 7.17. The molecule has 0 aliphatic heterocycles. The number of thiazole rings is 1. The first-order valence-electron chi connectivity index (χ1n) is 10.2. The van der Waals surface area contributed by atoms with Crippen molar-refractivity contribution in [2.75, 3.05) is 19.0 Å². The molecule has 8 heteroatoms. The van der Waals surface area contributed by atoms with Gasteiger partial charge in [0.25, 0.3) is 11.8 Å². The molecule has 7 nitrogen and oxygen atoms in total. The maximum atomic E-state index is 12.9. The van der Waals surface area contributed by atoms with Gasteiger partial charge in [-0.1, -0.05) is 60.7 Å². The first-order valence-corrected chi connectivity index (χ1v) is 11.0. The van der Waals surface area contributed by atoms with Crippen molar-refractivity contribution in [3.63, 3.8) is 0 Å². The Balaban J connectivity index is 1.44. The fourth-order valence-electron chi connectivity index (χ4n) is 3.09. The zero-order valence-electron chi connectivity index (χ0n) is 17.9. The number of hydrazine groups is 1. The van der Waals surface area contributed by atoms with Gasteiger partial charge in [-0.15, -0.1) is 11.3 Å². The highest BCUT2D eigenvalue weighted by Gasteiger charge is 2.20. The predicted molar refractivity (Wildman–Crippen MR) is 130 cm³/mol. The maximum absolute atomic E-state index is 12.9. The molecule has 33 heavy (non-hydrogen) atoms. The zero-order chi connectivity index (χ0) is 23.0. The average Bonchev–Trinajstić information content (AvgIpc) is 3.33. The van der Waals surface area contributed by atoms with Crippen LogP contribution >= 0.6 is 11.3 Å². The number of carbonyl (C=O) groups excluding carboxylic acids is 2. The lowest BCUT2D eigenvalue weighted by Gasteiger charge is -2.09. The standard InChI is InChI=1S/C25H22N4O3S/c1-32-20-14-12-19(13-15-20)26-16-21(30)28-29-24(31)23-22(17-8-4-2-5-9-17)27-25(33-23)18-10-6-3-7-11-18/h2-15,26H,16H2,1H3,(H,28,30)(H,29,31). The molecule has 3 aromatic carbocycles. The van der Waals surface area contributed by atoms with E-state index in [0.29, 0.717) is 10.6 Å². The second-order valence-electron chi connectivity index (χ2n) is 7.01. The van der Waals surface area contributed by atoms with E-state index >= 15 is 0 Å². The van der Waals surface area contributed by atoms with Gasteiger partial charge in [0.15, 0.2) is 0 Å². The number of carbonyl (C=O) groups is 2. The molecule has 0 unspecified atom stereocenters. The third-order valence-corrected chi connectivity index (χ3v) is 5.86. The highest BCUT2D eigenvalue weighted by Crippen LogP contribution is 2.33. The summed E-state index contributed by atoms with van der Waals surface area (Å²) in [4.78, 5) is 30.3. The molecule has 2 amide bonds. The summed E-state index contributed by atoms with van der Waals surface area (Å²) in [5.74, 6) is -0.0783. The van der Waals surface area contributed by atoms with Crippen LogP contribution in [0.4, 0.5) is 5.69 Å². The molecule has 0 bridgehead atoms. The fourth-order valence-corrected chi connectivity index (χ4v) is 4.08. The Morgan fingerprint density at radius 2 is 1.48 bits per heavy atom. The van der Waals surface area contributed by atoms with Crippen LogP contribution in [0, 0.1) is 0 Å². The van der Waals surface area contributed by atoms with E-state index in [0.717, 1.165) is 27.6 Å². The van der Waals surface area contributed by atoms with Gasteiger partial charge in [0, 0.05) is 16.8 Å². The third-order valence-electron chi connectivity index (χ3n) is 4.76. The summed E-state index contributed by atoms with van der Waals surface area (Å²) in [7, 11) is 1.59. The summed E-state index contributed by atoms with van der Waals surface area (Å²) in [5.41, 5.74) is 8.04. The van der Waals surface area contributed by atoms with Crippen LogP contribution in [0.2, 0.25) is 0 Å². The number of nitrogens with one attached hydrogen (secondary N) is 3. The van der Waals surface area contributed by atoms with Crippen molar-refractivity contribution in [1.82, 2.24) is 15.8 Å². The summed E-state index contributed by atoms with van der Waals surface area (Å²) in [6.07, 6.45) is 0. The molecule has 0 atom stereocenters. The van der Waals surface area contributed by atoms with Crippen molar-refractivity contribution in [2.24, 2.45) is 0 Å². The minimum absolute atomic E-state index is 0.00386. The summed E-state index contributed by atoms with van der Waals surface area (Å²) >= 11 is 1.28. The van der Waals surface area contributed by atoms with Crippen LogP contribution in [0.25, 0.3) is 21.8 Å². The number of amides is 2. The number of anilines is 1. The second kappa shape index (κ2) is 10.4. The highest BCUT2D eigenvalue weighted by atomic mass is 32.1. The first-order chi connectivity index (χ1) is 16.1. The number of hydrogen-bond acceptors (Lipinski definition) is 6. The van der Waals surface area contributed by atoms with Crippen LogP contribution in [-0.2, 0) is 4.79 Å². The van der Waals surface area contributed by atoms with E-state index in [1.165, 1.54) is 11.3 Å². The normalized spacial score (nSPS) is 10.3. The predicted octanol–water partition coefficient (Wildman–Crippen LogP) is 4.36. The van der Waals surface area contributed by atoms with E-state index in [4.69, 9.17) is 9.72 Å². The average molecular weight is 459 g/mol. The van der Waals surface area contributed by atoms with Gasteiger partial charge in [-0.25, -0.2) is 4.98 Å². The first kappa shape index (κ1) is 22.0. The zero-order valence-corrected chi connectivity index (χ0v) is 18.7. The molecular formula is C25H22N4O3S. The molecule has 4 rings (SSSR count). The molecule has 3 N–H and O–H groups in total. The Bertz CT molecular complexity index is 1230. The summed E-state index contributed by atoms with van der Waals surface area (Å²) in [5, 5.41) is 3.72. The Kier molecular flexibility index (Phi) is 6.96. The maximum Gasteiger partial charge on any atom is 0.282 e. The van der Waals surface area contributed by atoms with Crippen LogP contribution in [0.5, 0.6) is 5.75 Å². The van der Waals surface area contributed by atoms with Crippen molar-refractivity contribution < 1.29 is 14.3 Å². The molecule has 0 saturated heterocycles. The molecule has 0 radical (unpaired) electrons. The van der Waals surface area contributed by atoms with Crippen molar-refractivity contribution in [2.45, 2.75) is 0 Å². The van der Waals surface area contributed by atoms with Crippen LogP contribution < -0.4 is 20.9 Å². The largest absolute Gasteiger partial charge is 0.497 e. The quantitative estimate of drug-likeness (QED) is 0.358. The lowest BCUT2D eigenvalue weighted by atomic mass is 10.1. The van der Waals surface area contributed by atoms with Gasteiger partial charge in [-0.3, -0.25) is 20.4 Å². The van der Waals surface area contributed by atoms with E-state index in [1.807, 2.05) is 60.7 Å². The van der Waals surface area contributed by atoms with E-state index in [9.17, 15) is 9.59 Å². The van der Waals surface area contributed by atoms with Gasteiger partial charge in [-0.2, -0.15) is 0 Å². The molecule has 1 heterocycles. The lowest BCUT2D eigenvalue weighted by molar-refractivity contribution is -0.120. The molecular weight excluding hydrogens is 436 g/mol. The second-order valence-corrected chi connectivity index (χ2v) is 8.01. The van der Waals surface area contributed by atoms with Gasteiger partial charge in [0.05, 0.1) is 19.3 Å². The minimum atomic E-state index is -0.425. The minimum Gasteiger partial charge on any atom is -0.497 e. The van der Waals surface area contributed by atoms with E-state index in [-0.39, 0.29) is 12.5 Å². The lowest BCUT2D eigenvalue weighted by Crippen LogP contribution is -2.44. The number of hydrogen-bond donors (Lipinski definition) is 3. The van der Waals surface area contributed by atoms with Crippen molar-refractivity contribution in [3.8, 4) is 27.6 Å². The van der Waals surface area contributed by atoms with Crippen molar-refractivity contribution >= 4 is 28.8 Å². The topological polar surface area (TPSA) is 92.4 Å². The number of methoxy groups -OCH3 is 1. The third kappa shape index (κ3) is 5.55. The molecule has 166 valence electrons. The Labute approximate surface area is 195 Å². The van der Waals surface area contributed by atoms with E-state index in [1.54, 1.807) is 31.4 Å². The van der Waals surface area contributed by atoms with Gasteiger partial charge in [-0.05, 0) is 24.3 Å².